The van der Waals surface area contributed by atoms with Crippen LogP contribution in [0.1, 0.15) is 18.5 Å². The summed E-state index contributed by atoms with van der Waals surface area (Å²) in [7, 11) is 0. The number of benzene rings is 1. The lowest BCUT2D eigenvalue weighted by Gasteiger charge is -2.08. The molecular weight excluding hydrogens is 182 g/mol. The second kappa shape index (κ2) is 4.74. The Labute approximate surface area is 82.3 Å². The third-order valence-corrected chi connectivity index (χ3v) is 1.77. The first-order valence-corrected chi connectivity index (χ1v) is 4.28. The van der Waals surface area contributed by atoms with E-state index >= 15 is 0 Å². The first-order chi connectivity index (χ1) is 6.63. The molecule has 0 unspecified atom stereocenters. The highest BCUT2D eigenvalue weighted by atomic mass is 16.5. The minimum atomic E-state index is -0.388. The lowest BCUT2D eigenvalue weighted by molar-refractivity contribution is -0.131. The molecule has 4 heteroatoms. The minimum Gasteiger partial charge on any atom is -0.427 e. The summed E-state index contributed by atoms with van der Waals surface area (Å²) >= 11 is 0. The van der Waals surface area contributed by atoms with Gasteiger partial charge >= 0.3 is 5.97 Å². The molecule has 3 N–H and O–H groups in total. The highest BCUT2D eigenvalue weighted by Crippen LogP contribution is 2.16. The molecular formula is C10H13NO3. The van der Waals surface area contributed by atoms with Crippen molar-refractivity contribution >= 4 is 5.97 Å². The molecule has 14 heavy (non-hydrogen) atoms. The third-order valence-electron chi connectivity index (χ3n) is 1.77. The molecule has 0 heterocycles. The smallest absolute Gasteiger partial charge is 0.308 e. The van der Waals surface area contributed by atoms with Crippen molar-refractivity contribution in [2.24, 2.45) is 5.73 Å². The molecule has 0 fully saturated rings. The Morgan fingerprint density at radius 3 is 2.50 bits per heavy atom. The van der Waals surface area contributed by atoms with E-state index in [9.17, 15) is 4.79 Å². The zero-order chi connectivity index (χ0) is 10.6. The lowest BCUT2D eigenvalue weighted by atomic mass is 10.1. The summed E-state index contributed by atoms with van der Waals surface area (Å²) in [6.45, 7) is 1.24. The van der Waals surface area contributed by atoms with Gasteiger partial charge in [0.2, 0.25) is 0 Å². The van der Waals surface area contributed by atoms with Crippen LogP contribution in [-0.2, 0) is 4.79 Å². The summed E-state index contributed by atoms with van der Waals surface area (Å²) in [6.07, 6.45) is 0. The van der Waals surface area contributed by atoms with Gasteiger partial charge in [-0.05, 0) is 17.7 Å². The highest BCUT2D eigenvalue weighted by Gasteiger charge is 2.04. The Morgan fingerprint density at radius 2 is 2.07 bits per heavy atom. The molecule has 0 bridgehead atoms. The van der Waals surface area contributed by atoms with Crippen LogP contribution in [-0.4, -0.2) is 17.7 Å². The fourth-order valence-corrected chi connectivity index (χ4v) is 1.05. The Kier molecular flexibility index (Phi) is 3.62. The van der Waals surface area contributed by atoms with Gasteiger partial charge in [0.1, 0.15) is 5.75 Å². The van der Waals surface area contributed by atoms with Gasteiger partial charge in [-0.2, -0.15) is 0 Å². The van der Waals surface area contributed by atoms with Gasteiger partial charge in [-0.1, -0.05) is 12.1 Å². The first kappa shape index (κ1) is 10.7. The van der Waals surface area contributed by atoms with Crippen LogP contribution in [0.2, 0.25) is 0 Å². The molecule has 0 saturated carbocycles. The minimum absolute atomic E-state index is 0.104. The van der Waals surface area contributed by atoms with Gasteiger partial charge in [-0.3, -0.25) is 4.79 Å². The van der Waals surface area contributed by atoms with Crippen LogP contribution in [0, 0.1) is 0 Å². The molecule has 1 aromatic carbocycles. The number of ether oxygens (including phenoxy) is 1. The molecule has 0 aliphatic carbocycles. The quantitative estimate of drug-likeness (QED) is 0.547. The van der Waals surface area contributed by atoms with Gasteiger partial charge in [-0.25, -0.2) is 0 Å². The molecule has 76 valence electrons. The van der Waals surface area contributed by atoms with E-state index in [1.165, 1.54) is 6.92 Å². The van der Waals surface area contributed by atoms with Gasteiger partial charge in [0.15, 0.2) is 0 Å². The molecule has 0 amide bonds. The predicted octanol–water partition coefficient (Wildman–Crippen LogP) is 0.604. The van der Waals surface area contributed by atoms with Gasteiger partial charge in [0, 0.05) is 6.92 Å². The number of nitrogens with two attached hydrogens (primary N) is 1. The van der Waals surface area contributed by atoms with E-state index in [2.05, 4.69) is 0 Å². The van der Waals surface area contributed by atoms with Crippen LogP contribution in [0.25, 0.3) is 0 Å². The van der Waals surface area contributed by atoms with Crippen molar-refractivity contribution in [3.63, 3.8) is 0 Å². The number of aliphatic hydroxyl groups excluding tert-OH is 1. The van der Waals surface area contributed by atoms with Gasteiger partial charge in [0.05, 0.1) is 12.6 Å². The van der Waals surface area contributed by atoms with Crippen LogP contribution in [0.3, 0.4) is 0 Å². The Hall–Kier alpha value is -1.39. The fraction of sp³-hybridized carbons (Fsp3) is 0.300. The third kappa shape index (κ3) is 2.83. The Balaban J connectivity index is 2.73. The zero-order valence-corrected chi connectivity index (χ0v) is 7.93. The van der Waals surface area contributed by atoms with Crippen LogP contribution in [0.15, 0.2) is 24.3 Å². The van der Waals surface area contributed by atoms with Crippen molar-refractivity contribution in [2.75, 3.05) is 6.61 Å². The molecule has 0 saturated heterocycles. The number of hydrogen-bond acceptors (Lipinski definition) is 4. The summed E-state index contributed by atoms with van der Waals surface area (Å²) in [5.74, 6) is 0.121. The lowest BCUT2D eigenvalue weighted by Crippen LogP contribution is -2.14. The Morgan fingerprint density at radius 1 is 1.50 bits per heavy atom. The van der Waals surface area contributed by atoms with Crippen molar-refractivity contribution in [3.05, 3.63) is 29.8 Å². The Bertz CT molecular complexity index is 308. The predicted molar refractivity (Wildman–Crippen MR) is 51.8 cm³/mol. The molecule has 1 rings (SSSR count). The normalized spacial score (nSPS) is 12.2. The number of carbonyl (C=O) groups is 1. The standard InChI is InChI=1S/C10H13NO3/c1-7(13)14-9-4-2-8(3-5-9)10(11)6-12/h2-5,10,12H,6,11H2,1H3/t10-/m1/s1. The summed E-state index contributed by atoms with van der Waals surface area (Å²) in [5, 5.41) is 8.79. The van der Waals surface area contributed by atoms with E-state index in [-0.39, 0.29) is 18.6 Å². The number of carbonyl (C=O) groups excluding carboxylic acids is 1. The summed E-state index contributed by atoms with van der Waals surface area (Å²) in [4.78, 5) is 10.6. The molecule has 0 aliphatic rings. The van der Waals surface area contributed by atoms with E-state index in [0.717, 1.165) is 5.56 Å². The van der Waals surface area contributed by atoms with Gasteiger partial charge in [0.25, 0.3) is 0 Å². The molecule has 0 radical (unpaired) electrons. The van der Waals surface area contributed by atoms with Gasteiger partial charge < -0.3 is 15.6 Å². The SMILES string of the molecule is CC(=O)Oc1ccc([C@H](N)CO)cc1. The zero-order valence-electron chi connectivity index (χ0n) is 7.93. The second-order valence-corrected chi connectivity index (χ2v) is 2.95. The van der Waals surface area contributed by atoms with Crippen LogP contribution < -0.4 is 10.5 Å². The summed E-state index contributed by atoms with van der Waals surface area (Å²) in [6, 6.07) is 6.35. The average Bonchev–Trinajstić information content (AvgIpc) is 2.17. The van der Waals surface area contributed by atoms with Crippen molar-refractivity contribution in [3.8, 4) is 5.75 Å². The van der Waals surface area contributed by atoms with E-state index in [0.29, 0.717) is 5.75 Å². The second-order valence-electron chi connectivity index (χ2n) is 2.95. The van der Waals surface area contributed by atoms with E-state index in [4.69, 9.17) is 15.6 Å². The maximum Gasteiger partial charge on any atom is 0.308 e. The van der Waals surface area contributed by atoms with Crippen molar-refractivity contribution in [1.29, 1.82) is 0 Å². The average molecular weight is 195 g/mol. The number of rotatable bonds is 3. The van der Waals surface area contributed by atoms with Crippen LogP contribution in [0.4, 0.5) is 0 Å². The molecule has 1 atom stereocenters. The van der Waals surface area contributed by atoms with Gasteiger partial charge in [-0.15, -0.1) is 0 Å². The van der Waals surface area contributed by atoms with Crippen molar-refractivity contribution < 1.29 is 14.6 Å². The topological polar surface area (TPSA) is 72.5 Å². The summed E-state index contributed by atoms with van der Waals surface area (Å²) in [5.41, 5.74) is 6.40. The highest BCUT2D eigenvalue weighted by molar-refractivity contribution is 5.69. The van der Waals surface area contributed by atoms with E-state index < -0.39 is 0 Å². The fourth-order valence-electron chi connectivity index (χ4n) is 1.05. The number of esters is 1. The molecule has 0 aromatic heterocycles. The number of aliphatic hydroxyl groups is 1. The molecule has 0 aliphatic heterocycles. The first-order valence-electron chi connectivity index (χ1n) is 4.28. The molecule has 4 nitrogen and oxygen atoms in total. The maximum absolute atomic E-state index is 10.6. The van der Waals surface area contributed by atoms with Crippen LogP contribution >= 0.6 is 0 Å². The van der Waals surface area contributed by atoms with E-state index in [1.54, 1.807) is 24.3 Å². The molecule has 1 aromatic rings. The summed E-state index contributed by atoms with van der Waals surface area (Å²) < 4.78 is 4.84. The van der Waals surface area contributed by atoms with E-state index in [1.807, 2.05) is 0 Å². The van der Waals surface area contributed by atoms with Crippen molar-refractivity contribution in [2.45, 2.75) is 13.0 Å². The molecule has 0 spiro atoms. The van der Waals surface area contributed by atoms with Crippen molar-refractivity contribution in [1.82, 2.24) is 0 Å². The maximum atomic E-state index is 10.6. The van der Waals surface area contributed by atoms with Crippen LogP contribution in [0.5, 0.6) is 5.75 Å². The monoisotopic (exact) mass is 195 g/mol. The largest absolute Gasteiger partial charge is 0.427 e. The number of hydrogen-bond donors (Lipinski definition) is 2.